The Kier molecular flexibility index (Phi) is 11.5. The Balaban J connectivity index is 1.28. The minimum Gasteiger partial charge on any atom is -0.456 e. The third-order valence-corrected chi connectivity index (χ3v) is 17.1. The fourth-order valence-electron chi connectivity index (χ4n) is 5.71. The minimum atomic E-state index is -2.22. The van der Waals surface area contributed by atoms with Crippen molar-refractivity contribution in [1.29, 1.82) is 0 Å². The first-order valence-corrected chi connectivity index (χ1v) is 21.3. The number of nitro groups is 2. The molecule has 4 atom stereocenters. The molecule has 0 spiro atoms. The van der Waals surface area contributed by atoms with Crippen LogP contribution < -0.4 is 0 Å². The number of β-lactam (4-membered cyclic amide) rings is 1. The zero-order chi connectivity index (χ0) is 37.2. The quantitative estimate of drug-likeness (QED) is 0.0663. The summed E-state index contributed by atoms with van der Waals surface area (Å²) in [4.78, 5) is 64.6. The monoisotopic (exact) mass is 758 g/mol. The van der Waals surface area contributed by atoms with Gasteiger partial charge in [0.25, 0.3) is 11.4 Å². The van der Waals surface area contributed by atoms with Crippen molar-refractivity contribution in [3.63, 3.8) is 0 Å². The number of thioether (sulfide) groups is 2. The summed E-state index contributed by atoms with van der Waals surface area (Å²) >= 11 is 2.88. The van der Waals surface area contributed by atoms with Crippen molar-refractivity contribution >= 4 is 61.2 Å². The Labute approximate surface area is 305 Å². The number of nitrogens with zero attached hydrogens (tertiary/aromatic N) is 4. The van der Waals surface area contributed by atoms with Crippen molar-refractivity contribution in [1.82, 2.24) is 9.80 Å². The van der Waals surface area contributed by atoms with Gasteiger partial charge in [0.2, 0.25) is 5.91 Å². The SMILES string of the molecule is CC[C@H](O[Si](C)(C)C(C)(C)C)[C@@H]1C(=O)N2C(C(=O)OCc3ccc([N+](=O)[O-])cc3)=C(S[C@@H]3CCN(C(=O)OCc4ccc([N+](=O)[O-])cc4)C3)S[C@H]12. The average molecular weight is 759 g/mol. The molecule has 0 N–H and O–H groups in total. The number of hydrogen-bond acceptors (Lipinski definition) is 12. The van der Waals surface area contributed by atoms with Gasteiger partial charge in [-0.1, -0.05) is 39.5 Å². The molecule has 14 nitrogen and oxygen atoms in total. The van der Waals surface area contributed by atoms with Gasteiger partial charge in [-0.15, -0.1) is 11.8 Å². The molecule has 2 fully saturated rings. The average Bonchev–Trinajstić information content (AvgIpc) is 3.68. The lowest BCUT2D eigenvalue weighted by Crippen LogP contribution is -2.63. The fourth-order valence-corrected chi connectivity index (χ4v) is 10.4. The maximum atomic E-state index is 13.9. The predicted octanol–water partition coefficient (Wildman–Crippen LogP) is 7.19. The molecule has 0 bridgehead atoms. The normalized spacial score (nSPS) is 20.9. The summed E-state index contributed by atoms with van der Waals surface area (Å²) in [6.45, 7) is 13.4. The summed E-state index contributed by atoms with van der Waals surface area (Å²) in [6, 6.07) is 11.5. The van der Waals surface area contributed by atoms with E-state index in [0.717, 1.165) is 0 Å². The molecule has 5 rings (SSSR count). The molecule has 0 aromatic heterocycles. The first-order chi connectivity index (χ1) is 24.0. The van der Waals surface area contributed by atoms with Crippen LogP contribution in [0, 0.1) is 26.1 Å². The zero-order valence-corrected chi connectivity index (χ0v) is 32.0. The van der Waals surface area contributed by atoms with Crippen LogP contribution in [0.4, 0.5) is 16.2 Å². The van der Waals surface area contributed by atoms with Gasteiger partial charge in [0.1, 0.15) is 18.6 Å². The predicted molar refractivity (Wildman–Crippen MR) is 195 cm³/mol. The number of rotatable bonds is 13. The van der Waals surface area contributed by atoms with E-state index in [9.17, 15) is 34.6 Å². The van der Waals surface area contributed by atoms with Gasteiger partial charge in [0.15, 0.2) is 14.0 Å². The van der Waals surface area contributed by atoms with Crippen LogP contribution in [0.15, 0.2) is 58.5 Å². The van der Waals surface area contributed by atoms with Crippen LogP contribution in [-0.2, 0) is 36.7 Å². The number of nitro benzene ring substituents is 2. The number of esters is 1. The lowest BCUT2D eigenvalue weighted by molar-refractivity contribution is -0.385. The van der Waals surface area contributed by atoms with Crippen LogP contribution in [0.5, 0.6) is 0 Å². The van der Waals surface area contributed by atoms with E-state index < -0.39 is 36.1 Å². The van der Waals surface area contributed by atoms with Gasteiger partial charge in [-0.25, -0.2) is 9.59 Å². The second kappa shape index (κ2) is 15.4. The second-order valence-corrected chi connectivity index (χ2v) is 21.6. The Morgan fingerprint density at radius 1 is 0.980 bits per heavy atom. The van der Waals surface area contributed by atoms with Crippen molar-refractivity contribution in [3.8, 4) is 0 Å². The number of amides is 2. The van der Waals surface area contributed by atoms with E-state index in [1.54, 1.807) is 17.0 Å². The molecule has 0 radical (unpaired) electrons. The Morgan fingerprint density at radius 3 is 2.04 bits per heavy atom. The number of ether oxygens (including phenoxy) is 2. The third kappa shape index (κ3) is 8.42. The molecule has 2 amide bonds. The number of non-ortho nitro benzene ring substituents is 2. The van der Waals surface area contributed by atoms with E-state index in [0.29, 0.717) is 41.3 Å². The van der Waals surface area contributed by atoms with Gasteiger partial charge in [-0.05, 0) is 66.4 Å². The maximum absolute atomic E-state index is 13.9. The van der Waals surface area contributed by atoms with Gasteiger partial charge in [-0.3, -0.25) is 29.9 Å². The van der Waals surface area contributed by atoms with E-state index in [1.807, 2.05) is 6.92 Å². The smallest absolute Gasteiger partial charge is 0.410 e. The number of carbonyl (C=O) groups is 3. The highest BCUT2D eigenvalue weighted by Gasteiger charge is 2.60. The number of carbonyl (C=O) groups excluding carboxylic acids is 3. The Bertz CT molecular complexity index is 1710. The van der Waals surface area contributed by atoms with Gasteiger partial charge < -0.3 is 18.8 Å². The minimum absolute atomic E-state index is 0.0351. The van der Waals surface area contributed by atoms with E-state index in [-0.39, 0.29) is 58.0 Å². The summed E-state index contributed by atoms with van der Waals surface area (Å²) in [5.74, 6) is -1.31. The number of hydrogen-bond donors (Lipinski definition) is 0. The maximum Gasteiger partial charge on any atom is 0.410 e. The summed E-state index contributed by atoms with van der Waals surface area (Å²) in [5.41, 5.74) is 1.22. The highest BCUT2D eigenvalue weighted by atomic mass is 32.2. The van der Waals surface area contributed by atoms with E-state index in [4.69, 9.17) is 13.9 Å². The number of fused-ring (bicyclic) bond motifs is 1. The van der Waals surface area contributed by atoms with Crippen LogP contribution in [0.3, 0.4) is 0 Å². The molecular formula is C34H42N4O10S2Si. The van der Waals surface area contributed by atoms with Gasteiger partial charge in [0, 0.05) is 42.6 Å². The number of benzene rings is 2. The molecule has 0 unspecified atom stereocenters. The van der Waals surface area contributed by atoms with Gasteiger partial charge in [-0.2, -0.15) is 0 Å². The zero-order valence-electron chi connectivity index (χ0n) is 29.4. The molecule has 0 saturated carbocycles. The summed E-state index contributed by atoms with van der Waals surface area (Å²) in [6.07, 6.45) is 0.428. The molecule has 274 valence electrons. The van der Waals surface area contributed by atoms with Gasteiger partial charge in [0.05, 0.1) is 26.1 Å². The van der Waals surface area contributed by atoms with Crippen LogP contribution in [-0.4, -0.2) is 75.8 Å². The van der Waals surface area contributed by atoms with Crippen LogP contribution in [0.1, 0.15) is 51.7 Å². The Morgan fingerprint density at radius 2 is 1.53 bits per heavy atom. The molecule has 3 aliphatic heterocycles. The molecule has 0 aliphatic carbocycles. The highest BCUT2D eigenvalue weighted by molar-refractivity contribution is 8.23. The molecule has 3 heterocycles. The van der Waals surface area contributed by atoms with E-state index >= 15 is 0 Å². The topological polar surface area (TPSA) is 172 Å². The lowest BCUT2D eigenvalue weighted by Gasteiger charge is -2.48. The molecule has 51 heavy (non-hydrogen) atoms. The first kappa shape index (κ1) is 38.3. The van der Waals surface area contributed by atoms with Gasteiger partial charge >= 0.3 is 12.1 Å². The van der Waals surface area contributed by atoms with Crippen molar-refractivity contribution < 1.29 is 38.1 Å². The van der Waals surface area contributed by atoms with Crippen molar-refractivity contribution in [2.24, 2.45) is 5.92 Å². The van der Waals surface area contributed by atoms with E-state index in [2.05, 4.69) is 33.9 Å². The van der Waals surface area contributed by atoms with Crippen LogP contribution in [0.2, 0.25) is 18.1 Å². The third-order valence-electron chi connectivity index (χ3n) is 9.70. The molecule has 2 aromatic carbocycles. The Hall–Kier alpha value is -3.93. The van der Waals surface area contributed by atoms with Crippen LogP contribution >= 0.6 is 23.5 Å². The molecule has 2 aromatic rings. The molecule has 2 saturated heterocycles. The fraction of sp³-hybridized carbons (Fsp3) is 0.500. The van der Waals surface area contributed by atoms with Crippen LogP contribution in [0.25, 0.3) is 0 Å². The second-order valence-electron chi connectivity index (χ2n) is 14.2. The largest absolute Gasteiger partial charge is 0.456 e. The standard InChI is InChI=1S/C34H42N4O10S2Si/c1-7-26(48-51(5,6)34(2,3)4)27-29(39)36-28(31(40)46-19-21-8-12-23(13-9-21)37(42)43)32(50-30(27)36)49-25-16-17-35(18-25)33(41)47-20-22-10-14-24(15-11-22)38(44)45/h8-15,25-27,30H,7,16-20H2,1-6H3/t25-,26+,27-,30-/m1/s1. The van der Waals surface area contributed by atoms with Crippen molar-refractivity contribution in [2.75, 3.05) is 13.1 Å². The molecule has 3 aliphatic rings. The van der Waals surface area contributed by atoms with E-state index in [1.165, 1.54) is 64.8 Å². The first-order valence-electron chi connectivity index (χ1n) is 16.6. The summed E-state index contributed by atoms with van der Waals surface area (Å²) in [7, 11) is -2.22. The van der Waals surface area contributed by atoms with Crippen molar-refractivity contribution in [2.45, 2.75) is 88.6 Å². The summed E-state index contributed by atoms with van der Waals surface area (Å²) < 4.78 is 18.5. The van der Waals surface area contributed by atoms with Crippen molar-refractivity contribution in [3.05, 3.63) is 89.8 Å². The number of likely N-dealkylation sites (tertiary alicyclic amines) is 1. The summed E-state index contributed by atoms with van der Waals surface area (Å²) in [5, 5.41) is 21.5. The lowest BCUT2D eigenvalue weighted by atomic mass is 9.90. The highest BCUT2D eigenvalue weighted by Crippen LogP contribution is 2.56. The molecule has 17 heteroatoms. The molecular weight excluding hydrogens is 717 g/mol.